The normalized spacial score (nSPS) is 13.9. The third-order valence-electron chi connectivity index (χ3n) is 16.1. The van der Waals surface area contributed by atoms with E-state index in [-0.39, 0.29) is 30.4 Å². The minimum absolute atomic E-state index is 0.129. The Balaban J connectivity index is 5.35. The molecule has 0 aliphatic rings. The molecule has 0 aromatic heterocycles. The predicted octanol–water partition coefficient (Wildman–Crippen LogP) is 15.4. The van der Waals surface area contributed by atoms with Crippen LogP contribution in [0.4, 0.5) is 0 Å². The molecule has 5 unspecified atom stereocenters. The lowest BCUT2D eigenvalue weighted by Gasteiger charge is -2.27. The van der Waals surface area contributed by atoms with Gasteiger partial charge in [0.1, 0.15) is 6.04 Å². The van der Waals surface area contributed by atoms with E-state index < -0.39 is 18.2 Å². The minimum atomic E-state index is -0.613. The van der Waals surface area contributed by atoms with Gasteiger partial charge in [0.05, 0.1) is 24.4 Å². The lowest BCUT2D eigenvalue weighted by molar-refractivity contribution is -0.129. The summed E-state index contributed by atoms with van der Waals surface area (Å²) in [6.45, 7) is 20.2. The van der Waals surface area contributed by atoms with Crippen molar-refractivity contribution in [2.75, 3.05) is 77.0 Å². The maximum atomic E-state index is 13.7. The number of carbonyl (C=O) groups excluding carboxylic acids is 2. The third-order valence-corrected chi connectivity index (χ3v) is 18.6. The van der Waals surface area contributed by atoms with Gasteiger partial charge in [0.25, 0.3) is 0 Å². The monoisotopic (exact) mass is 1160 g/mol. The molecule has 13 heteroatoms. The Morgan fingerprint density at radius 1 is 0.367 bits per heavy atom. The molecule has 2 amide bonds. The molecule has 0 aromatic rings. The molecule has 0 spiro atoms. The molecular formula is C66H135N5O6S2. The smallest absolute Gasteiger partial charge is 0.242 e. The average Bonchev–Trinajstić information content (AvgIpc) is 3.43. The van der Waals surface area contributed by atoms with Crippen LogP contribution >= 0.6 is 21.6 Å². The Morgan fingerprint density at radius 2 is 0.696 bits per heavy atom. The maximum absolute atomic E-state index is 13.7. The largest absolute Gasteiger partial charge is 0.392 e. The van der Waals surface area contributed by atoms with Gasteiger partial charge in [-0.25, -0.2) is 0 Å². The summed E-state index contributed by atoms with van der Waals surface area (Å²) >= 11 is 0. The number of aliphatic hydroxyl groups excluding tert-OH is 4. The van der Waals surface area contributed by atoms with E-state index in [1.165, 1.54) is 167 Å². The van der Waals surface area contributed by atoms with Gasteiger partial charge in [-0.1, -0.05) is 269 Å². The van der Waals surface area contributed by atoms with Crippen LogP contribution in [-0.4, -0.2) is 154 Å². The van der Waals surface area contributed by atoms with Crippen molar-refractivity contribution in [2.24, 2.45) is 0 Å². The van der Waals surface area contributed by atoms with Crippen molar-refractivity contribution in [1.82, 2.24) is 25.3 Å². The van der Waals surface area contributed by atoms with Gasteiger partial charge in [-0.05, 0) is 77.5 Å². The van der Waals surface area contributed by atoms with Gasteiger partial charge in [0, 0.05) is 57.2 Å². The molecule has 472 valence electrons. The SMILES string of the molecule is CCCCCCCCCCC(O)CN(CCCCSSCCC(NC(=O)CCCN(CC(O)CCCCCCCCCC)CC(O)CCCCCCCCCC)C(=O)NCCN(CC)CC)CC(O)CCCCCCCCCC. The number of nitrogens with one attached hydrogen (secondary N) is 2. The van der Waals surface area contributed by atoms with Crippen molar-refractivity contribution >= 4 is 33.4 Å². The number of aliphatic hydroxyl groups is 4. The molecule has 0 rings (SSSR count). The van der Waals surface area contributed by atoms with Crippen LogP contribution in [-0.2, 0) is 9.59 Å². The number of carbonyl (C=O) groups is 2. The molecule has 0 aliphatic carbocycles. The van der Waals surface area contributed by atoms with Crippen LogP contribution in [0.2, 0.25) is 0 Å². The summed E-state index contributed by atoms with van der Waals surface area (Å²) in [5.74, 6) is 1.46. The fourth-order valence-corrected chi connectivity index (χ4v) is 13.1. The maximum Gasteiger partial charge on any atom is 0.242 e. The third kappa shape index (κ3) is 53.8. The first-order valence-electron chi connectivity index (χ1n) is 34.2. The summed E-state index contributed by atoms with van der Waals surface area (Å²) in [5, 5.41) is 50.7. The van der Waals surface area contributed by atoms with Crippen molar-refractivity contribution in [1.29, 1.82) is 0 Å². The van der Waals surface area contributed by atoms with E-state index in [1.807, 2.05) is 10.8 Å². The molecule has 0 saturated carbocycles. The van der Waals surface area contributed by atoms with Crippen LogP contribution in [0.3, 0.4) is 0 Å². The summed E-state index contributed by atoms with van der Waals surface area (Å²) in [6, 6.07) is -0.613. The number of amides is 2. The van der Waals surface area contributed by atoms with Crippen molar-refractivity contribution in [3.63, 3.8) is 0 Å². The van der Waals surface area contributed by atoms with E-state index in [9.17, 15) is 30.0 Å². The lowest BCUT2D eigenvalue weighted by atomic mass is 10.0. The Labute approximate surface area is 498 Å². The highest BCUT2D eigenvalue weighted by Crippen LogP contribution is 2.25. The van der Waals surface area contributed by atoms with Crippen molar-refractivity contribution in [3.8, 4) is 0 Å². The number of likely N-dealkylation sites (N-methyl/N-ethyl adjacent to an activating group) is 1. The molecule has 0 aromatic carbocycles. The van der Waals surface area contributed by atoms with Crippen LogP contribution in [0.25, 0.3) is 0 Å². The van der Waals surface area contributed by atoms with Gasteiger partial charge < -0.3 is 36.0 Å². The number of unbranched alkanes of at least 4 members (excludes halogenated alkanes) is 29. The molecule has 0 bridgehead atoms. The number of hydrogen-bond donors (Lipinski definition) is 6. The zero-order valence-electron chi connectivity index (χ0n) is 53.1. The molecular weight excluding hydrogens is 1020 g/mol. The van der Waals surface area contributed by atoms with Crippen LogP contribution in [0.5, 0.6) is 0 Å². The first kappa shape index (κ1) is 78.4. The summed E-state index contributed by atoms with van der Waals surface area (Å²) in [4.78, 5) is 34.0. The zero-order valence-corrected chi connectivity index (χ0v) is 54.8. The number of hydrogen-bond acceptors (Lipinski definition) is 11. The number of nitrogens with zero attached hydrogens (tertiary/aromatic N) is 3. The summed E-state index contributed by atoms with van der Waals surface area (Å²) in [6.07, 6.45) is 44.8. The molecule has 5 atom stereocenters. The molecule has 0 saturated heterocycles. The summed E-state index contributed by atoms with van der Waals surface area (Å²) in [5.41, 5.74) is 0. The topological polar surface area (TPSA) is 149 Å². The highest BCUT2D eigenvalue weighted by molar-refractivity contribution is 8.76. The van der Waals surface area contributed by atoms with Gasteiger partial charge in [-0.2, -0.15) is 0 Å². The zero-order chi connectivity index (χ0) is 58.1. The molecule has 0 radical (unpaired) electrons. The molecule has 11 nitrogen and oxygen atoms in total. The van der Waals surface area contributed by atoms with E-state index in [0.717, 1.165) is 115 Å². The van der Waals surface area contributed by atoms with Crippen LogP contribution < -0.4 is 10.6 Å². The van der Waals surface area contributed by atoms with Crippen LogP contribution in [0.15, 0.2) is 0 Å². The second-order valence-corrected chi connectivity index (χ2v) is 26.6. The van der Waals surface area contributed by atoms with E-state index in [1.54, 1.807) is 10.8 Å². The van der Waals surface area contributed by atoms with Gasteiger partial charge in [-0.3, -0.25) is 19.4 Å². The van der Waals surface area contributed by atoms with Gasteiger partial charge in [0.15, 0.2) is 0 Å². The molecule has 0 fully saturated rings. The van der Waals surface area contributed by atoms with E-state index in [4.69, 9.17) is 0 Å². The van der Waals surface area contributed by atoms with Gasteiger partial charge in [-0.15, -0.1) is 0 Å². The summed E-state index contributed by atoms with van der Waals surface area (Å²) < 4.78 is 0. The van der Waals surface area contributed by atoms with Gasteiger partial charge >= 0.3 is 0 Å². The standard InChI is InChI=1S/C66H135N5O6S2/c1-7-13-17-21-25-29-33-37-44-60(72)56-70(57-61(73)45-38-34-30-26-22-18-14-8-2)51-41-42-54-78-79-55-49-64(66(77)67-50-53-69(11-5)12-6)68-65(76)48-43-52-71(58-62(74)46-39-35-31-27-23-19-15-9-3)59-63(75)47-40-36-32-28-24-20-16-10-4/h60-64,72-75H,7-59H2,1-6H3,(H,67,77)(H,68,76). The van der Waals surface area contributed by atoms with Crippen LogP contribution in [0.1, 0.15) is 305 Å². The average molecular weight is 1160 g/mol. The lowest BCUT2D eigenvalue weighted by Crippen LogP contribution is -2.48. The first-order valence-corrected chi connectivity index (χ1v) is 36.7. The molecule has 0 heterocycles. The van der Waals surface area contributed by atoms with E-state index in [2.05, 4.69) is 66.9 Å². The second-order valence-electron chi connectivity index (χ2n) is 23.9. The Kier molecular flexibility index (Phi) is 60.0. The molecule has 79 heavy (non-hydrogen) atoms. The number of rotatable bonds is 64. The highest BCUT2D eigenvalue weighted by Gasteiger charge is 2.22. The molecule has 0 aliphatic heterocycles. The van der Waals surface area contributed by atoms with E-state index >= 15 is 0 Å². The predicted molar refractivity (Wildman–Crippen MR) is 347 cm³/mol. The fourth-order valence-electron chi connectivity index (χ4n) is 10.9. The Bertz CT molecular complexity index is 1220. The van der Waals surface area contributed by atoms with Crippen LogP contribution in [0, 0.1) is 0 Å². The highest BCUT2D eigenvalue weighted by atomic mass is 33.1. The van der Waals surface area contributed by atoms with E-state index in [0.29, 0.717) is 52.1 Å². The summed E-state index contributed by atoms with van der Waals surface area (Å²) in [7, 11) is 3.59. The fraction of sp³-hybridized carbons (Fsp3) is 0.970. The van der Waals surface area contributed by atoms with Crippen molar-refractivity contribution < 1.29 is 30.0 Å². The second kappa shape index (κ2) is 60.5. The Hall–Kier alpha value is -0.640. The van der Waals surface area contributed by atoms with Crippen molar-refractivity contribution in [3.05, 3.63) is 0 Å². The quantitative estimate of drug-likeness (QED) is 0.0255. The molecule has 6 N–H and O–H groups in total. The van der Waals surface area contributed by atoms with Crippen molar-refractivity contribution in [2.45, 2.75) is 335 Å². The first-order chi connectivity index (χ1) is 38.5. The minimum Gasteiger partial charge on any atom is -0.392 e. The Morgan fingerprint density at radius 3 is 1.05 bits per heavy atom. The van der Waals surface area contributed by atoms with Gasteiger partial charge in [0.2, 0.25) is 11.8 Å².